The van der Waals surface area contributed by atoms with E-state index in [4.69, 9.17) is 15.3 Å². The average Bonchev–Trinajstić information content (AvgIpc) is 2.51. The maximum Gasteiger partial charge on any atom is 0.407 e. The zero-order valence-corrected chi connectivity index (χ0v) is 15.9. The first-order chi connectivity index (χ1) is 12.0. The van der Waals surface area contributed by atoms with E-state index in [1.54, 1.807) is 26.8 Å². The van der Waals surface area contributed by atoms with Crippen molar-refractivity contribution in [3.63, 3.8) is 0 Å². The number of rotatable bonds is 7. The number of carbonyl (C=O) groups is 2. The molecule has 1 aromatic carbocycles. The number of amides is 2. The Hall–Kier alpha value is -2.35. The predicted octanol–water partition coefficient (Wildman–Crippen LogP) is 2.29. The second-order valence-corrected chi connectivity index (χ2v) is 7.31. The van der Waals surface area contributed by atoms with Gasteiger partial charge in [-0.3, -0.25) is 10.2 Å². The van der Waals surface area contributed by atoms with Crippen molar-refractivity contribution in [2.24, 2.45) is 11.8 Å². The van der Waals surface area contributed by atoms with Crippen LogP contribution >= 0.6 is 0 Å². The standard InChI is InChI=1S/C18H28FN3O4/c1-11(2)15(21-17(24)26-18(3,4)5)10-25-13-7-6-12(14(19)9-13)8-16(23)22-20/h6-7,9,11,15H,8,10,20H2,1-5H3,(H,21,24)(H,22,23)/t15-/m0/s1. The van der Waals surface area contributed by atoms with Gasteiger partial charge in [0.05, 0.1) is 12.5 Å². The molecule has 1 aromatic rings. The molecule has 0 bridgehead atoms. The lowest BCUT2D eigenvalue weighted by atomic mass is 10.1. The Bertz CT molecular complexity index is 629. The number of hydrogen-bond donors (Lipinski definition) is 3. The summed E-state index contributed by atoms with van der Waals surface area (Å²) in [5, 5.41) is 2.76. The van der Waals surface area contributed by atoms with Gasteiger partial charge in [0.15, 0.2) is 0 Å². The fraction of sp³-hybridized carbons (Fsp3) is 0.556. The van der Waals surface area contributed by atoms with Crippen LogP contribution in [-0.2, 0) is 16.0 Å². The summed E-state index contributed by atoms with van der Waals surface area (Å²) < 4.78 is 24.9. The largest absolute Gasteiger partial charge is 0.491 e. The van der Waals surface area contributed by atoms with Gasteiger partial charge < -0.3 is 14.8 Å². The second kappa shape index (κ2) is 9.38. The highest BCUT2D eigenvalue weighted by Gasteiger charge is 2.22. The maximum atomic E-state index is 14.0. The molecule has 0 fully saturated rings. The molecule has 0 unspecified atom stereocenters. The molecule has 0 aromatic heterocycles. The molecule has 4 N–H and O–H groups in total. The Labute approximate surface area is 153 Å². The molecule has 26 heavy (non-hydrogen) atoms. The van der Waals surface area contributed by atoms with Crippen LogP contribution in [0.25, 0.3) is 0 Å². The molecule has 0 saturated carbocycles. The predicted molar refractivity (Wildman–Crippen MR) is 95.9 cm³/mol. The number of benzene rings is 1. The third kappa shape index (κ3) is 7.69. The van der Waals surface area contributed by atoms with E-state index in [1.165, 1.54) is 12.1 Å². The zero-order valence-electron chi connectivity index (χ0n) is 15.9. The first kappa shape index (κ1) is 21.7. The smallest absolute Gasteiger partial charge is 0.407 e. The molecular weight excluding hydrogens is 341 g/mol. The summed E-state index contributed by atoms with van der Waals surface area (Å²) in [6.45, 7) is 9.36. The van der Waals surface area contributed by atoms with Gasteiger partial charge in [-0.25, -0.2) is 15.0 Å². The van der Waals surface area contributed by atoms with Gasteiger partial charge in [-0.15, -0.1) is 0 Å². The number of hydrogen-bond acceptors (Lipinski definition) is 5. The molecule has 0 spiro atoms. The number of nitrogens with two attached hydrogens (primary N) is 1. The third-order valence-corrected chi connectivity index (χ3v) is 3.47. The van der Waals surface area contributed by atoms with Crippen molar-refractivity contribution in [1.29, 1.82) is 0 Å². The normalized spacial score (nSPS) is 12.5. The molecule has 1 atom stereocenters. The minimum Gasteiger partial charge on any atom is -0.491 e. The fourth-order valence-electron chi connectivity index (χ4n) is 2.03. The van der Waals surface area contributed by atoms with Crippen LogP contribution in [0, 0.1) is 11.7 Å². The quantitative estimate of drug-likeness (QED) is 0.389. The molecular formula is C18H28FN3O4. The summed E-state index contributed by atoms with van der Waals surface area (Å²) in [5.41, 5.74) is 1.57. The van der Waals surface area contributed by atoms with Gasteiger partial charge in [0.2, 0.25) is 5.91 Å². The Morgan fingerprint density at radius 3 is 2.42 bits per heavy atom. The topological polar surface area (TPSA) is 103 Å². The van der Waals surface area contributed by atoms with E-state index in [-0.39, 0.29) is 30.6 Å². The van der Waals surface area contributed by atoms with Crippen molar-refractivity contribution in [2.45, 2.75) is 52.7 Å². The van der Waals surface area contributed by atoms with Gasteiger partial charge in [0.25, 0.3) is 0 Å². The van der Waals surface area contributed by atoms with E-state index < -0.39 is 23.4 Å². The molecule has 1 rings (SSSR count). The van der Waals surface area contributed by atoms with Crippen LogP contribution in [0.1, 0.15) is 40.2 Å². The maximum absolute atomic E-state index is 14.0. The minimum atomic E-state index is -0.596. The summed E-state index contributed by atoms with van der Waals surface area (Å²) in [4.78, 5) is 23.1. The molecule has 7 nitrogen and oxygen atoms in total. The lowest BCUT2D eigenvalue weighted by Gasteiger charge is -2.25. The van der Waals surface area contributed by atoms with Crippen LogP contribution in [0.3, 0.4) is 0 Å². The highest BCUT2D eigenvalue weighted by atomic mass is 19.1. The molecule has 0 aliphatic rings. The fourth-order valence-corrected chi connectivity index (χ4v) is 2.03. The van der Waals surface area contributed by atoms with E-state index in [9.17, 15) is 14.0 Å². The molecule has 0 aliphatic carbocycles. The first-order valence-corrected chi connectivity index (χ1v) is 8.42. The average molecular weight is 369 g/mol. The summed E-state index contributed by atoms with van der Waals surface area (Å²) >= 11 is 0. The van der Waals surface area contributed by atoms with Crippen molar-refractivity contribution >= 4 is 12.0 Å². The van der Waals surface area contributed by atoms with Gasteiger partial charge in [-0.05, 0) is 38.3 Å². The van der Waals surface area contributed by atoms with E-state index in [1.807, 2.05) is 19.3 Å². The van der Waals surface area contributed by atoms with Crippen LogP contribution in [0.4, 0.5) is 9.18 Å². The van der Waals surface area contributed by atoms with Gasteiger partial charge in [0.1, 0.15) is 23.8 Å². The molecule has 0 saturated heterocycles. The van der Waals surface area contributed by atoms with Crippen molar-refractivity contribution in [1.82, 2.24) is 10.7 Å². The van der Waals surface area contributed by atoms with E-state index >= 15 is 0 Å². The van der Waals surface area contributed by atoms with Crippen LogP contribution in [-0.4, -0.2) is 30.3 Å². The van der Waals surface area contributed by atoms with E-state index in [0.717, 1.165) is 0 Å². The van der Waals surface area contributed by atoms with Crippen molar-refractivity contribution in [3.8, 4) is 5.75 Å². The van der Waals surface area contributed by atoms with Crippen LogP contribution in [0.15, 0.2) is 18.2 Å². The molecule has 0 aliphatic heterocycles. The van der Waals surface area contributed by atoms with Gasteiger partial charge >= 0.3 is 6.09 Å². The van der Waals surface area contributed by atoms with Crippen LogP contribution in [0.2, 0.25) is 0 Å². The highest BCUT2D eigenvalue weighted by molar-refractivity contribution is 5.78. The Morgan fingerprint density at radius 2 is 1.92 bits per heavy atom. The molecule has 8 heteroatoms. The number of ether oxygens (including phenoxy) is 2. The summed E-state index contributed by atoms with van der Waals surface area (Å²) in [6.07, 6.45) is -0.689. The summed E-state index contributed by atoms with van der Waals surface area (Å²) in [5.74, 6) is 4.33. The molecule has 2 amide bonds. The molecule has 0 heterocycles. The number of nitrogens with one attached hydrogen (secondary N) is 2. The van der Waals surface area contributed by atoms with Crippen molar-refractivity contribution in [3.05, 3.63) is 29.6 Å². The number of halogens is 1. The van der Waals surface area contributed by atoms with Crippen molar-refractivity contribution < 1.29 is 23.5 Å². The van der Waals surface area contributed by atoms with E-state index in [2.05, 4.69) is 5.32 Å². The van der Waals surface area contributed by atoms with Crippen LogP contribution in [0.5, 0.6) is 5.75 Å². The summed E-state index contributed by atoms with van der Waals surface area (Å²) in [6, 6.07) is 3.92. The van der Waals surface area contributed by atoms with Gasteiger partial charge in [0, 0.05) is 6.07 Å². The number of hydrazine groups is 1. The number of alkyl carbamates (subject to hydrolysis) is 1. The van der Waals surface area contributed by atoms with Gasteiger partial charge in [-0.2, -0.15) is 0 Å². The third-order valence-electron chi connectivity index (χ3n) is 3.47. The summed E-state index contributed by atoms with van der Waals surface area (Å²) in [7, 11) is 0. The highest BCUT2D eigenvalue weighted by Crippen LogP contribution is 2.18. The SMILES string of the molecule is CC(C)[C@H](COc1ccc(CC(=O)NN)c(F)c1)NC(=O)OC(C)(C)C. The molecule has 146 valence electrons. The zero-order chi connectivity index (χ0) is 19.9. The Morgan fingerprint density at radius 1 is 1.27 bits per heavy atom. The van der Waals surface area contributed by atoms with E-state index in [0.29, 0.717) is 5.75 Å². The lowest BCUT2D eigenvalue weighted by molar-refractivity contribution is -0.120. The monoisotopic (exact) mass is 369 g/mol. The van der Waals surface area contributed by atoms with Gasteiger partial charge in [-0.1, -0.05) is 19.9 Å². The Kier molecular flexibility index (Phi) is 7.82. The second-order valence-electron chi connectivity index (χ2n) is 7.31. The number of carbonyl (C=O) groups excluding carboxylic acids is 2. The minimum absolute atomic E-state index is 0.0832. The lowest BCUT2D eigenvalue weighted by Crippen LogP contribution is -2.45. The first-order valence-electron chi connectivity index (χ1n) is 8.42. The Balaban J connectivity index is 2.67. The van der Waals surface area contributed by atoms with Crippen molar-refractivity contribution in [2.75, 3.05) is 6.61 Å². The molecule has 0 radical (unpaired) electrons. The van der Waals surface area contributed by atoms with Crippen LogP contribution < -0.4 is 21.3 Å².